The minimum Gasteiger partial charge on any atom is -0.307 e. The Morgan fingerprint density at radius 2 is 2.14 bits per heavy atom. The van der Waals surface area contributed by atoms with Gasteiger partial charge in [-0.2, -0.15) is 16.1 Å². The smallest absolute Gasteiger partial charge is 0.248 e. The van der Waals surface area contributed by atoms with E-state index in [2.05, 4.69) is 10.4 Å². The number of sulfone groups is 1. The average molecular weight is 352 g/mol. The minimum atomic E-state index is -4.00. The molecule has 0 bridgehead atoms. The molecule has 0 amide bonds. The van der Waals surface area contributed by atoms with Gasteiger partial charge in [-0.25, -0.2) is 27.7 Å². The van der Waals surface area contributed by atoms with Crippen molar-refractivity contribution in [2.24, 2.45) is 5.84 Å². The predicted molar refractivity (Wildman–Crippen MR) is 81.9 cm³/mol. The lowest BCUT2D eigenvalue weighted by Crippen LogP contribution is -2.49. The summed E-state index contributed by atoms with van der Waals surface area (Å²) < 4.78 is 50.2. The molecule has 1 atom stereocenters. The van der Waals surface area contributed by atoms with Gasteiger partial charge < -0.3 is 5.43 Å². The number of aromatic nitrogens is 1. The summed E-state index contributed by atoms with van der Waals surface area (Å²) in [6, 6.07) is 2.81. The Hall–Kier alpha value is -0.880. The predicted octanol–water partition coefficient (Wildman–Crippen LogP) is -0.525. The number of anilines is 1. The van der Waals surface area contributed by atoms with Gasteiger partial charge in [-0.15, -0.1) is 0 Å². The van der Waals surface area contributed by atoms with Crippen LogP contribution in [0, 0.1) is 0 Å². The molecule has 1 aliphatic rings. The summed E-state index contributed by atoms with van der Waals surface area (Å²) in [6.07, 6.45) is 2.44. The second-order valence-electron chi connectivity index (χ2n) is 4.47. The Bertz CT molecular complexity index is 720. The van der Waals surface area contributed by atoms with Gasteiger partial charge in [0.25, 0.3) is 0 Å². The number of pyridine rings is 1. The highest BCUT2D eigenvalue weighted by molar-refractivity contribution is 8.01. The fraction of sp³-hybridized carbons (Fsp3) is 0.500. The van der Waals surface area contributed by atoms with Crippen LogP contribution in [0.4, 0.5) is 5.82 Å². The zero-order valence-corrected chi connectivity index (χ0v) is 13.7. The van der Waals surface area contributed by atoms with E-state index in [9.17, 15) is 16.8 Å². The van der Waals surface area contributed by atoms with Crippen LogP contribution in [-0.2, 0) is 19.9 Å². The van der Waals surface area contributed by atoms with E-state index in [1.807, 2.05) is 0 Å². The fourth-order valence-corrected chi connectivity index (χ4v) is 7.29. The molecule has 1 saturated heterocycles. The number of nitrogen functional groups attached to an aromatic ring is 1. The van der Waals surface area contributed by atoms with Crippen LogP contribution >= 0.6 is 11.8 Å². The molecule has 0 aliphatic carbocycles. The normalized spacial score (nSPS) is 21.1. The summed E-state index contributed by atoms with van der Waals surface area (Å²) in [4.78, 5) is 3.72. The van der Waals surface area contributed by atoms with E-state index in [0.29, 0.717) is 5.75 Å². The number of hydrogen-bond acceptors (Lipinski definition) is 8. The highest BCUT2D eigenvalue weighted by Gasteiger charge is 2.40. The summed E-state index contributed by atoms with van der Waals surface area (Å²) in [5.74, 6) is 6.02. The van der Waals surface area contributed by atoms with Crippen LogP contribution in [-0.4, -0.2) is 55.8 Å². The third-order valence-electron chi connectivity index (χ3n) is 3.03. The summed E-state index contributed by atoms with van der Waals surface area (Å²) in [6.45, 7) is 0.129. The number of hydrazine groups is 1. The Balaban J connectivity index is 2.51. The number of nitrogens with one attached hydrogen (secondary N) is 1. The molecule has 0 radical (unpaired) electrons. The number of nitrogens with zero attached hydrogens (tertiary/aromatic N) is 2. The molecule has 8 nitrogen and oxygen atoms in total. The van der Waals surface area contributed by atoms with E-state index >= 15 is 0 Å². The van der Waals surface area contributed by atoms with Crippen molar-refractivity contribution >= 4 is 37.4 Å². The summed E-state index contributed by atoms with van der Waals surface area (Å²) in [7, 11) is -7.53. The lowest BCUT2D eigenvalue weighted by Gasteiger charge is -2.33. The summed E-state index contributed by atoms with van der Waals surface area (Å²) in [5, 5.41) is -1.08. The molecular weight excluding hydrogens is 336 g/mol. The molecule has 3 N–H and O–H groups in total. The average Bonchev–Trinajstić information content (AvgIpc) is 2.46. The zero-order valence-electron chi connectivity index (χ0n) is 11.3. The van der Waals surface area contributed by atoms with E-state index in [0.717, 1.165) is 10.6 Å². The third kappa shape index (κ3) is 3.31. The van der Waals surface area contributed by atoms with Gasteiger partial charge in [-0.3, -0.25) is 0 Å². The molecule has 118 valence electrons. The van der Waals surface area contributed by atoms with E-state index in [4.69, 9.17) is 5.84 Å². The number of hydrogen-bond donors (Lipinski definition) is 2. The van der Waals surface area contributed by atoms with Crippen molar-refractivity contribution in [2.75, 3.05) is 29.7 Å². The monoisotopic (exact) mass is 352 g/mol. The minimum absolute atomic E-state index is 0.0111. The molecule has 2 rings (SSSR count). The first kappa shape index (κ1) is 16.5. The first-order valence-electron chi connectivity index (χ1n) is 5.98. The third-order valence-corrected chi connectivity index (χ3v) is 7.74. The van der Waals surface area contributed by atoms with Crippen molar-refractivity contribution in [3.8, 4) is 0 Å². The van der Waals surface area contributed by atoms with Crippen LogP contribution in [0.5, 0.6) is 0 Å². The molecule has 0 spiro atoms. The van der Waals surface area contributed by atoms with Gasteiger partial charge in [0, 0.05) is 30.5 Å². The maximum Gasteiger partial charge on any atom is 0.248 e. The van der Waals surface area contributed by atoms with Gasteiger partial charge in [0.2, 0.25) is 10.0 Å². The summed E-state index contributed by atoms with van der Waals surface area (Å²) >= 11 is 1.41. The van der Waals surface area contributed by atoms with Crippen LogP contribution in [0.2, 0.25) is 0 Å². The number of nitrogens with two attached hydrogens (primary N) is 1. The Kier molecular flexibility index (Phi) is 4.78. The van der Waals surface area contributed by atoms with Gasteiger partial charge in [0.15, 0.2) is 15.7 Å². The van der Waals surface area contributed by atoms with Crippen LogP contribution in [0.1, 0.15) is 0 Å². The zero-order chi connectivity index (χ0) is 15.7. The first-order valence-corrected chi connectivity index (χ1v) is 10.5. The van der Waals surface area contributed by atoms with E-state index in [1.165, 1.54) is 30.1 Å². The number of thioether (sulfide) groups is 1. The van der Waals surface area contributed by atoms with Gasteiger partial charge in [0.1, 0.15) is 10.3 Å². The van der Waals surface area contributed by atoms with Crippen molar-refractivity contribution in [3.05, 3.63) is 18.3 Å². The molecule has 0 saturated carbocycles. The SMILES string of the molecule is CS(=O)(=O)C1CSCCN1S(=O)(=O)c1cccnc1NN. The van der Waals surface area contributed by atoms with Crippen LogP contribution in [0.3, 0.4) is 0 Å². The molecule has 0 aromatic carbocycles. The molecule has 1 aromatic rings. The Morgan fingerprint density at radius 1 is 1.43 bits per heavy atom. The molecule has 1 aliphatic heterocycles. The number of sulfonamides is 1. The summed E-state index contributed by atoms with van der Waals surface area (Å²) in [5.41, 5.74) is 2.22. The molecule has 1 aromatic heterocycles. The van der Waals surface area contributed by atoms with Crippen molar-refractivity contribution in [2.45, 2.75) is 10.3 Å². The molecule has 1 fully saturated rings. The van der Waals surface area contributed by atoms with Gasteiger partial charge >= 0.3 is 0 Å². The van der Waals surface area contributed by atoms with Crippen molar-refractivity contribution < 1.29 is 16.8 Å². The second-order valence-corrected chi connectivity index (χ2v) is 9.68. The molecule has 21 heavy (non-hydrogen) atoms. The first-order chi connectivity index (χ1) is 9.78. The largest absolute Gasteiger partial charge is 0.307 e. The topological polar surface area (TPSA) is 122 Å². The Morgan fingerprint density at radius 3 is 2.76 bits per heavy atom. The van der Waals surface area contributed by atoms with Crippen LogP contribution in [0.15, 0.2) is 23.2 Å². The molecule has 1 unspecified atom stereocenters. The van der Waals surface area contributed by atoms with Crippen LogP contribution < -0.4 is 11.3 Å². The van der Waals surface area contributed by atoms with E-state index in [1.54, 1.807) is 0 Å². The lowest BCUT2D eigenvalue weighted by molar-refractivity contribution is 0.405. The van der Waals surface area contributed by atoms with Gasteiger partial charge in [0.05, 0.1) is 0 Å². The maximum atomic E-state index is 12.7. The highest BCUT2D eigenvalue weighted by Crippen LogP contribution is 2.29. The van der Waals surface area contributed by atoms with Crippen molar-refractivity contribution in [1.29, 1.82) is 0 Å². The van der Waals surface area contributed by atoms with E-state index in [-0.39, 0.29) is 23.0 Å². The second kappa shape index (κ2) is 6.08. The maximum absolute atomic E-state index is 12.7. The van der Waals surface area contributed by atoms with Crippen molar-refractivity contribution in [3.63, 3.8) is 0 Å². The highest BCUT2D eigenvalue weighted by atomic mass is 32.2. The fourth-order valence-electron chi connectivity index (χ4n) is 2.01. The quantitative estimate of drug-likeness (QED) is 0.548. The molecular formula is C10H16N4O4S3. The van der Waals surface area contributed by atoms with Gasteiger partial charge in [-0.05, 0) is 12.1 Å². The van der Waals surface area contributed by atoms with E-state index < -0.39 is 25.2 Å². The number of rotatable bonds is 4. The van der Waals surface area contributed by atoms with Crippen LogP contribution in [0.25, 0.3) is 0 Å². The van der Waals surface area contributed by atoms with Gasteiger partial charge in [-0.1, -0.05) is 0 Å². The van der Waals surface area contributed by atoms with Crippen molar-refractivity contribution in [1.82, 2.24) is 9.29 Å². The Labute approximate surface area is 128 Å². The molecule has 2 heterocycles. The standard InChI is InChI=1S/C10H16N4O4S3/c1-20(15,16)9-7-19-6-5-14(9)21(17,18)8-3-2-4-12-10(8)13-11/h2-4,9H,5-7,11H2,1H3,(H,12,13). The lowest BCUT2D eigenvalue weighted by atomic mass is 10.5. The molecule has 11 heteroatoms.